The number of benzene rings is 2. The molecule has 236 valence electrons. The van der Waals surface area contributed by atoms with Crippen LogP contribution in [0.15, 0.2) is 67.3 Å². The highest BCUT2D eigenvalue weighted by Crippen LogP contribution is 2.32. The first-order valence-corrected chi connectivity index (χ1v) is 14.7. The van der Waals surface area contributed by atoms with Gasteiger partial charge >= 0.3 is 0 Å². The lowest BCUT2D eigenvalue weighted by Crippen LogP contribution is -2.50. The van der Waals surface area contributed by atoms with Crippen LogP contribution in [0.5, 0.6) is 5.75 Å². The summed E-state index contributed by atoms with van der Waals surface area (Å²) in [6.07, 6.45) is 6.94. The predicted octanol–water partition coefficient (Wildman–Crippen LogP) is 3.64. The fraction of sp³-hybridized carbons (Fsp3) is 0.433. The standard InChI is InChI=1S/C30H35ClN4O5.HNO3/c1-2-28(36)29(37)35-17-15-34(16-18-35)25-7-9-26(10-8-25)38-19-27-20-39-30(40-27,21-33-14-13-32-22-33)12-11-23-3-5-24(31)6-4-23;2-1(3)4/h3-10,13-14,22,27H,2,11-12,15-21H2,1H3;(H,2,3,4)/t27-,30+;/m1./s1. The Labute approximate surface area is 260 Å². The van der Waals surface area contributed by atoms with Crippen LogP contribution >= 0.6 is 11.6 Å². The molecule has 2 aromatic carbocycles. The third-order valence-electron chi connectivity index (χ3n) is 7.37. The molecule has 1 amide bonds. The van der Waals surface area contributed by atoms with E-state index in [4.69, 9.17) is 41.1 Å². The van der Waals surface area contributed by atoms with Gasteiger partial charge in [0.2, 0.25) is 5.78 Å². The van der Waals surface area contributed by atoms with Crippen molar-refractivity contribution in [3.8, 4) is 5.75 Å². The van der Waals surface area contributed by atoms with E-state index in [1.165, 1.54) is 5.56 Å². The van der Waals surface area contributed by atoms with E-state index in [1.807, 2.05) is 59.3 Å². The van der Waals surface area contributed by atoms with Crippen LogP contribution in [0.1, 0.15) is 25.3 Å². The predicted molar refractivity (Wildman–Crippen MR) is 160 cm³/mol. The zero-order valence-corrected chi connectivity index (χ0v) is 25.2. The summed E-state index contributed by atoms with van der Waals surface area (Å²) in [7, 11) is 0. The number of halogens is 1. The van der Waals surface area contributed by atoms with Crippen LogP contribution in [-0.2, 0) is 32.0 Å². The van der Waals surface area contributed by atoms with E-state index in [0.29, 0.717) is 52.4 Å². The summed E-state index contributed by atoms with van der Waals surface area (Å²) in [5.41, 5.74) is 2.23. The molecule has 0 saturated carbocycles. The van der Waals surface area contributed by atoms with Gasteiger partial charge in [-0.1, -0.05) is 30.7 Å². The molecule has 0 bridgehead atoms. The third kappa shape index (κ3) is 9.40. The summed E-state index contributed by atoms with van der Waals surface area (Å²) in [4.78, 5) is 40.2. The van der Waals surface area contributed by atoms with Gasteiger partial charge in [0.15, 0.2) is 5.79 Å². The molecule has 1 N–H and O–H groups in total. The molecule has 3 aromatic rings. The number of rotatable bonds is 11. The Morgan fingerprint density at radius 3 is 2.43 bits per heavy atom. The number of Topliss-reactive ketones (excluding diaryl/α,β-unsaturated/α-hetero) is 1. The minimum Gasteiger partial charge on any atom is -0.491 e. The first-order valence-electron chi connectivity index (χ1n) is 14.3. The van der Waals surface area contributed by atoms with Crippen LogP contribution in [-0.4, -0.2) is 87.7 Å². The van der Waals surface area contributed by atoms with Gasteiger partial charge in [-0.05, 0) is 48.4 Å². The smallest absolute Gasteiger partial charge is 0.291 e. The van der Waals surface area contributed by atoms with Gasteiger partial charge in [0.1, 0.15) is 18.5 Å². The average Bonchev–Trinajstić information content (AvgIpc) is 3.69. The van der Waals surface area contributed by atoms with E-state index in [9.17, 15) is 9.59 Å². The number of hydrogen-bond acceptors (Lipinski definition) is 9. The maximum Gasteiger partial charge on any atom is 0.291 e. The summed E-state index contributed by atoms with van der Waals surface area (Å²) in [6, 6.07) is 15.8. The highest BCUT2D eigenvalue weighted by Gasteiger charge is 2.42. The zero-order valence-electron chi connectivity index (χ0n) is 24.4. The molecule has 13 nitrogen and oxygen atoms in total. The number of carbonyl (C=O) groups excluding carboxylic acids is 2. The molecule has 44 heavy (non-hydrogen) atoms. The Morgan fingerprint density at radius 1 is 1.14 bits per heavy atom. The molecule has 5 rings (SSSR count). The minimum absolute atomic E-state index is 0.204. The molecule has 2 aliphatic rings. The first-order chi connectivity index (χ1) is 21.2. The van der Waals surface area contributed by atoms with E-state index in [-0.39, 0.29) is 24.2 Å². The Bertz CT molecular complexity index is 1360. The fourth-order valence-electron chi connectivity index (χ4n) is 5.07. The summed E-state index contributed by atoms with van der Waals surface area (Å²) in [5.74, 6) is -0.720. The molecule has 2 atom stereocenters. The van der Waals surface area contributed by atoms with Crippen molar-refractivity contribution in [1.29, 1.82) is 0 Å². The second-order valence-corrected chi connectivity index (χ2v) is 10.9. The van der Waals surface area contributed by atoms with Gasteiger partial charge in [-0.25, -0.2) is 4.98 Å². The lowest BCUT2D eigenvalue weighted by atomic mass is 10.0. The first kappa shape index (κ1) is 32.7. The molecule has 0 aliphatic carbocycles. The number of piperazine rings is 1. The number of imidazole rings is 1. The molecule has 0 unspecified atom stereocenters. The van der Waals surface area contributed by atoms with Crippen LogP contribution in [0.25, 0.3) is 0 Å². The van der Waals surface area contributed by atoms with Crippen LogP contribution in [0.3, 0.4) is 0 Å². The van der Waals surface area contributed by atoms with Crippen molar-refractivity contribution in [2.75, 3.05) is 44.3 Å². The molecular weight excluding hydrogens is 594 g/mol. The highest BCUT2D eigenvalue weighted by atomic mass is 35.5. The van der Waals surface area contributed by atoms with Gasteiger partial charge in [-0.2, -0.15) is 0 Å². The lowest BCUT2D eigenvalue weighted by molar-refractivity contribution is -0.742. The van der Waals surface area contributed by atoms with Crippen LogP contribution in [0.4, 0.5) is 5.69 Å². The largest absolute Gasteiger partial charge is 0.491 e. The Kier molecular flexibility index (Phi) is 11.5. The monoisotopic (exact) mass is 629 g/mol. The summed E-state index contributed by atoms with van der Waals surface area (Å²) in [6.45, 7) is 5.52. The number of nitrogens with zero attached hydrogens (tertiary/aromatic N) is 5. The van der Waals surface area contributed by atoms with E-state index in [1.54, 1.807) is 24.3 Å². The van der Waals surface area contributed by atoms with Gasteiger partial charge in [0.05, 0.1) is 19.5 Å². The topological polar surface area (TPSA) is 150 Å². The summed E-state index contributed by atoms with van der Waals surface area (Å²) in [5, 5.41) is 14.4. The van der Waals surface area contributed by atoms with E-state index in [2.05, 4.69) is 9.88 Å². The maximum atomic E-state index is 12.1. The summed E-state index contributed by atoms with van der Waals surface area (Å²) < 4.78 is 20.8. The van der Waals surface area contributed by atoms with Crippen LogP contribution in [0, 0.1) is 10.1 Å². The molecule has 2 aliphatic heterocycles. The lowest BCUT2D eigenvalue weighted by Gasteiger charge is -2.35. The van der Waals surface area contributed by atoms with Gasteiger partial charge in [0.25, 0.3) is 11.0 Å². The van der Waals surface area contributed by atoms with Gasteiger partial charge < -0.3 is 33.8 Å². The molecule has 3 heterocycles. The van der Waals surface area contributed by atoms with E-state index in [0.717, 1.165) is 22.9 Å². The molecule has 2 fully saturated rings. The van der Waals surface area contributed by atoms with Gasteiger partial charge in [-0.15, -0.1) is 10.1 Å². The highest BCUT2D eigenvalue weighted by molar-refractivity contribution is 6.36. The Morgan fingerprint density at radius 2 is 1.82 bits per heavy atom. The number of ketones is 1. The summed E-state index contributed by atoms with van der Waals surface area (Å²) >= 11 is 6.04. The number of hydrogen-bond donors (Lipinski definition) is 1. The molecular formula is C30H36ClN5O8. The normalized spacial score (nSPS) is 19.6. The maximum absolute atomic E-state index is 12.1. The van der Waals surface area contributed by atoms with Crippen molar-refractivity contribution in [3.63, 3.8) is 0 Å². The minimum atomic E-state index is -1.50. The average molecular weight is 630 g/mol. The number of amides is 1. The molecule has 0 spiro atoms. The molecule has 0 radical (unpaired) electrons. The quantitative estimate of drug-likeness (QED) is 0.189. The molecule has 14 heteroatoms. The number of carbonyl (C=O) groups is 2. The number of ether oxygens (including phenoxy) is 3. The van der Waals surface area contributed by atoms with Crippen molar-refractivity contribution in [3.05, 3.63) is 88.0 Å². The van der Waals surface area contributed by atoms with Crippen molar-refractivity contribution in [2.45, 2.75) is 44.6 Å². The van der Waals surface area contributed by atoms with Crippen LogP contribution < -0.4 is 9.64 Å². The van der Waals surface area contributed by atoms with Gasteiger partial charge in [-0.3, -0.25) is 9.59 Å². The third-order valence-corrected chi connectivity index (χ3v) is 7.62. The van der Waals surface area contributed by atoms with Crippen molar-refractivity contribution < 1.29 is 34.1 Å². The van der Waals surface area contributed by atoms with Crippen molar-refractivity contribution in [1.82, 2.24) is 14.5 Å². The second-order valence-electron chi connectivity index (χ2n) is 10.4. The van der Waals surface area contributed by atoms with Crippen LogP contribution in [0.2, 0.25) is 5.02 Å². The van der Waals surface area contributed by atoms with E-state index < -0.39 is 10.9 Å². The zero-order chi connectivity index (χ0) is 31.5. The molecule has 1 aromatic heterocycles. The number of aromatic nitrogens is 2. The number of aryl methyl sites for hydroxylation is 1. The fourth-order valence-corrected chi connectivity index (χ4v) is 5.20. The van der Waals surface area contributed by atoms with Crippen molar-refractivity contribution >= 4 is 29.0 Å². The van der Waals surface area contributed by atoms with Crippen molar-refractivity contribution in [2.24, 2.45) is 0 Å². The molecule has 2 saturated heterocycles. The number of anilines is 1. The second kappa shape index (κ2) is 15.5. The Hall–Kier alpha value is -4.20. The SMILES string of the molecule is CCC(=O)C(=O)N1CCN(c2ccc(OC[C@@H]3CO[C@](CCc4ccc(Cl)cc4)(Cn4ccnc4)O3)cc2)CC1.O=[N+]([O-])O. The Balaban J connectivity index is 0.00000104. The van der Waals surface area contributed by atoms with E-state index >= 15 is 0 Å². The van der Waals surface area contributed by atoms with Gasteiger partial charge in [0, 0.05) is 62.1 Å².